The third kappa shape index (κ3) is 2.88. The van der Waals surface area contributed by atoms with Crippen molar-refractivity contribution >= 4 is 11.8 Å². The predicted molar refractivity (Wildman–Crippen MR) is 53.1 cm³/mol. The minimum absolute atomic E-state index is 0.813. The summed E-state index contributed by atoms with van der Waals surface area (Å²) in [4.78, 5) is 0. The van der Waals surface area contributed by atoms with Crippen molar-refractivity contribution in [1.82, 2.24) is 5.32 Å². The SMILES string of the molecule is C=C(CCNC)C1CCSC1. The van der Waals surface area contributed by atoms with Crippen LogP contribution < -0.4 is 5.32 Å². The molecule has 0 aromatic heterocycles. The first-order valence-electron chi connectivity index (χ1n) is 4.24. The van der Waals surface area contributed by atoms with Gasteiger partial charge in [0.25, 0.3) is 0 Å². The van der Waals surface area contributed by atoms with Crippen molar-refractivity contribution in [3.8, 4) is 0 Å². The van der Waals surface area contributed by atoms with Crippen LogP contribution in [-0.4, -0.2) is 25.1 Å². The molecule has 1 atom stereocenters. The highest BCUT2D eigenvalue weighted by atomic mass is 32.2. The van der Waals surface area contributed by atoms with E-state index in [0.29, 0.717) is 0 Å². The Morgan fingerprint density at radius 1 is 1.73 bits per heavy atom. The predicted octanol–water partition coefficient (Wildman–Crippen LogP) is 1.91. The summed E-state index contributed by atoms with van der Waals surface area (Å²) in [5.74, 6) is 3.46. The van der Waals surface area contributed by atoms with E-state index in [1.165, 1.54) is 23.5 Å². The number of rotatable bonds is 4. The Balaban J connectivity index is 2.17. The molecule has 1 rings (SSSR count). The summed E-state index contributed by atoms with van der Waals surface area (Å²) in [5, 5.41) is 3.15. The molecule has 1 heterocycles. The Bertz CT molecular complexity index is 128. The number of hydrogen-bond acceptors (Lipinski definition) is 2. The molecule has 0 aromatic rings. The van der Waals surface area contributed by atoms with Crippen LogP contribution in [0.3, 0.4) is 0 Å². The van der Waals surface area contributed by atoms with Crippen molar-refractivity contribution < 1.29 is 0 Å². The van der Waals surface area contributed by atoms with E-state index in [9.17, 15) is 0 Å². The second-order valence-electron chi connectivity index (χ2n) is 3.07. The van der Waals surface area contributed by atoms with Crippen LogP contribution in [0.4, 0.5) is 0 Å². The quantitative estimate of drug-likeness (QED) is 0.648. The smallest absolute Gasteiger partial charge is 0.000158 e. The van der Waals surface area contributed by atoms with E-state index in [2.05, 4.69) is 23.7 Å². The van der Waals surface area contributed by atoms with Gasteiger partial charge < -0.3 is 5.32 Å². The van der Waals surface area contributed by atoms with Gasteiger partial charge in [-0.1, -0.05) is 12.2 Å². The van der Waals surface area contributed by atoms with Gasteiger partial charge in [0, 0.05) is 0 Å². The Kier molecular flexibility index (Phi) is 4.02. The van der Waals surface area contributed by atoms with Crippen LogP contribution >= 0.6 is 11.8 Å². The van der Waals surface area contributed by atoms with Crippen molar-refractivity contribution in [2.75, 3.05) is 25.1 Å². The molecule has 0 spiro atoms. The zero-order chi connectivity index (χ0) is 8.10. The molecule has 1 aliphatic heterocycles. The van der Waals surface area contributed by atoms with Crippen LogP contribution in [0.5, 0.6) is 0 Å². The number of thioether (sulfide) groups is 1. The maximum absolute atomic E-state index is 4.12. The summed E-state index contributed by atoms with van der Waals surface area (Å²) < 4.78 is 0. The minimum Gasteiger partial charge on any atom is -0.319 e. The topological polar surface area (TPSA) is 12.0 Å². The Morgan fingerprint density at radius 2 is 2.55 bits per heavy atom. The molecular formula is C9H17NS. The molecule has 1 saturated heterocycles. The third-order valence-electron chi connectivity index (χ3n) is 2.20. The number of nitrogens with one attached hydrogen (secondary N) is 1. The summed E-state index contributed by atoms with van der Waals surface area (Å²) in [5.41, 5.74) is 1.45. The van der Waals surface area contributed by atoms with Gasteiger partial charge in [-0.3, -0.25) is 0 Å². The van der Waals surface area contributed by atoms with Gasteiger partial charge in [-0.05, 0) is 43.9 Å². The van der Waals surface area contributed by atoms with Gasteiger partial charge >= 0.3 is 0 Å². The van der Waals surface area contributed by atoms with E-state index >= 15 is 0 Å². The fourth-order valence-electron chi connectivity index (χ4n) is 1.35. The summed E-state index contributed by atoms with van der Waals surface area (Å²) in [7, 11) is 2.00. The van der Waals surface area contributed by atoms with Crippen LogP contribution in [0.2, 0.25) is 0 Å². The van der Waals surface area contributed by atoms with E-state index in [0.717, 1.165) is 18.9 Å². The van der Waals surface area contributed by atoms with E-state index in [1.807, 2.05) is 7.05 Å². The highest BCUT2D eigenvalue weighted by Gasteiger charge is 2.17. The molecule has 64 valence electrons. The Hall–Kier alpha value is 0.0500. The lowest BCUT2D eigenvalue weighted by Crippen LogP contribution is -2.11. The van der Waals surface area contributed by atoms with Crippen LogP contribution in [0, 0.1) is 5.92 Å². The minimum atomic E-state index is 0.813. The highest BCUT2D eigenvalue weighted by molar-refractivity contribution is 7.99. The summed E-state index contributed by atoms with van der Waals surface area (Å²) in [6, 6.07) is 0. The second-order valence-corrected chi connectivity index (χ2v) is 4.22. The van der Waals surface area contributed by atoms with Gasteiger partial charge in [-0.2, -0.15) is 11.8 Å². The highest BCUT2D eigenvalue weighted by Crippen LogP contribution is 2.29. The Morgan fingerprint density at radius 3 is 3.09 bits per heavy atom. The van der Waals surface area contributed by atoms with E-state index < -0.39 is 0 Å². The fraction of sp³-hybridized carbons (Fsp3) is 0.778. The second kappa shape index (κ2) is 4.83. The molecule has 1 nitrogen and oxygen atoms in total. The van der Waals surface area contributed by atoms with Crippen molar-refractivity contribution in [3.05, 3.63) is 12.2 Å². The molecule has 0 saturated carbocycles. The molecule has 0 aromatic carbocycles. The van der Waals surface area contributed by atoms with Crippen LogP contribution in [0.15, 0.2) is 12.2 Å². The van der Waals surface area contributed by atoms with Gasteiger partial charge in [0.2, 0.25) is 0 Å². The zero-order valence-corrected chi connectivity index (χ0v) is 8.04. The summed E-state index contributed by atoms with van der Waals surface area (Å²) >= 11 is 2.06. The van der Waals surface area contributed by atoms with Crippen molar-refractivity contribution in [1.29, 1.82) is 0 Å². The molecule has 0 radical (unpaired) electrons. The summed E-state index contributed by atoms with van der Waals surface area (Å²) in [6.45, 7) is 5.20. The maximum atomic E-state index is 4.12. The molecule has 0 aliphatic carbocycles. The van der Waals surface area contributed by atoms with Gasteiger partial charge in [-0.15, -0.1) is 0 Å². The molecule has 11 heavy (non-hydrogen) atoms. The molecule has 2 heteroatoms. The fourth-order valence-corrected chi connectivity index (χ4v) is 2.65. The first kappa shape index (κ1) is 9.14. The standard InChI is InChI=1S/C9H17NS/c1-8(3-5-10-2)9-4-6-11-7-9/h9-10H,1,3-7H2,2H3. The third-order valence-corrected chi connectivity index (χ3v) is 3.37. The van der Waals surface area contributed by atoms with E-state index in [-0.39, 0.29) is 0 Å². The molecular weight excluding hydrogens is 154 g/mol. The van der Waals surface area contributed by atoms with Gasteiger partial charge in [0.1, 0.15) is 0 Å². The lowest BCUT2D eigenvalue weighted by Gasteiger charge is -2.11. The van der Waals surface area contributed by atoms with Crippen LogP contribution in [-0.2, 0) is 0 Å². The van der Waals surface area contributed by atoms with Crippen molar-refractivity contribution in [2.24, 2.45) is 5.92 Å². The molecule has 1 N–H and O–H groups in total. The monoisotopic (exact) mass is 171 g/mol. The summed E-state index contributed by atoms with van der Waals surface area (Å²) in [6.07, 6.45) is 2.51. The first-order valence-corrected chi connectivity index (χ1v) is 5.40. The largest absolute Gasteiger partial charge is 0.319 e. The van der Waals surface area contributed by atoms with Gasteiger partial charge in [0.15, 0.2) is 0 Å². The normalized spacial score (nSPS) is 23.9. The van der Waals surface area contributed by atoms with Gasteiger partial charge in [-0.25, -0.2) is 0 Å². The lowest BCUT2D eigenvalue weighted by atomic mass is 9.97. The molecule has 1 unspecified atom stereocenters. The average molecular weight is 171 g/mol. The zero-order valence-electron chi connectivity index (χ0n) is 7.23. The molecule has 0 amide bonds. The van der Waals surface area contributed by atoms with E-state index in [4.69, 9.17) is 0 Å². The van der Waals surface area contributed by atoms with Crippen LogP contribution in [0.25, 0.3) is 0 Å². The van der Waals surface area contributed by atoms with Gasteiger partial charge in [0.05, 0.1) is 0 Å². The van der Waals surface area contributed by atoms with E-state index in [1.54, 1.807) is 0 Å². The lowest BCUT2D eigenvalue weighted by molar-refractivity contribution is 0.645. The van der Waals surface area contributed by atoms with Crippen molar-refractivity contribution in [3.63, 3.8) is 0 Å². The first-order chi connectivity index (χ1) is 5.34. The Labute approximate surface area is 73.6 Å². The van der Waals surface area contributed by atoms with Crippen LogP contribution in [0.1, 0.15) is 12.8 Å². The molecule has 0 bridgehead atoms. The molecule has 1 aliphatic rings. The molecule has 1 fully saturated rings. The number of hydrogen-bond donors (Lipinski definition) is 1. The maximum Gasteiger partial charge on any atom is -0.000158 e. The van der Waals surface area contributed by atoms with Crippen molar-refractivity contribution in [2.45, 2.75) is 12.8 Å². The average Bonchev–Trinajstić information content (AvgIpc) is 2.52.